The number of ether oxygens (including phenoxy) is 1. The third-order valence-corrected chi connectivity index (χ3v) is 2.37. The summed E-state index contributed by atoms with van der Waals surface area (Å²) in [5.41, 5.74) is 0.485. The molecule has 0 bridgehead atoms. The maximum Gasteiger partial charge on any atom is 0.309 e. The molecule has 0 fully saturated rings. The molecule has 0 saturated carbocycles. The van der Waals surface area contributed by atoms with Crippen molar-refractivity contribution in [1.82, 2.24) is 0 Å². The zero-order valence-electron chi connectivity index (χ0n) is 9.97. The van der Waals surface area contributed by atoms with Crippen molar-refractivity contribution in [3.8, 4) is 5.75 Å². The standard InChI is InChI=1S/C13H16O4/c1-3-17-13(16)9(2)8-12(15)10-4-6-11(14)7-5-10/h4-7,9,14H,3,8H2,1-2H3. The smallest absolute Gasteiger partial charge is 0.309 e. The van der Waals surface area contributed by atoms with Crippen molar-refractivity contribution < 1.29 is 19.4 Å². The Morgan fingerprint density at radius 2 is 1.88 bits per heavy atom. The predicted molar refractivity (Wildman–Crippen MR) is 62.9 cm³/mol. The molecule has 0 spiro atoms. The van der Waals surface area contributed by atoms with Crippen LogP contribution in [-0.4, -0.2) is 23.5 Å². The molecule has 17 heavy (non-hydrogen) atoms. The molecule has 92 valence electrons. The van der Waals surface area contributed by atoms with Gasteiger partial charge in [-0.15, -0.1) is 0 Å². The van der Waals surface area contributed by atoms with Crippen LogP contribution in [0.2, 0.25) is 0 Å². The maximum atomic E-state index is 11.8. The monoisotopic (exact) mass is 236 g/mol. The summed E-state index contributed by atoms with van der Waals surface area (Å²) < 4.78 is 4.83. The normalized spacial score (nSPS) is 11.9. The van der Waals surface area contributed by atoms with E-state index in [0.29, 0.717) is 12.2 Å². The molecule has 0 aliphatic rings. The first-order valence-corrected chi connectivity index (χ1v) is 5.53. The number of hydrogen-bond acceptors (Lipinski definition) is 4. The Labute approximate surface area is 100 Å². The summed E-state index contributed by atoms with van der Waals surface area (Å²) in [6.45, 7) is 3.71. The first-order chi connectivity index (χ1) is 8.04. The Kier molecular flexibility index (Phi) is 4.69. The van der Waals surface area contributed by atoms with Crippen LogP contribution in [0.15, 0.2) is 24.3 Å². The average Bonchev–Trinajstić information content (AvgIpc) is 2.30. The average molecular weight is 236 g/mol. The number of aromatic hydroxyl groups is 1. The number of benzene rings is 1. The minimum absolute atomic E-state index is 0.111. The lowest BCUT2D eigenvalue weighted by Crippen LogP contribution is -2.18. The van der Waals surface area contributed by atoms with E-state index < -0.39 is 5.92 Å². The second-order valence-corrected chi connectivity index (χ2v) is 3.83. The zero-order chi connectivity index (χ0) is 12.8. The number of phenolic OH excluding ortho intramolecular Hbond substituents is 1. The zero-order valence-corrected chi connectivity index (χ0v) is 9.97. The van der Waals surface area contributed by atoms with E-state index in [1.165, 1.54) is 24.3 Å². The second kappa shape index (κ2) is 6.03. The quantitative estimate of drug-likeness (QED) is 0.628. The van der Waals surface area contributed by atoms with Crippen LogP contribution in [0.25, 0.3) is 0 Å². The molecule has 0 aliphatic heterocycles. The van der Waals surface area contributed by atoms with E-state index in [4.69, 9.17) is 9.84 Å². The van der Waals surface area contributed by atoms with Gasteiger partial charge in [0, 0.05) is 12.0 Å². The van der Waals surface area contributed by atoms with Crippen molar-refractivity contribution in [2.24, 2.45) is 5.92 Å². The van der Waals surface area contributed by atoms with Crippen molar-refractivity contribution in [3.05, 3.63) is 29.8 Å². The van der Waals surface area contributed by atoms with E-state index in [-0.39, 0.29) is 23.9 Å². The van der Waals surface area contributed by atoms with E-state index in [1.54, 1.807) is 13.8 Å². The van der Waals surface area contributed by atoms with E-state index in [1.807, 2.05) is 0 Å². The lowest BCUT2D eigenvalue weighted by atomic mass is 10.00. The molecule has 0 saturated heterocycles. The van der Waals surface area contributed by atoms with Gasteiger partial charge in [-0.2, -0.15) is 0 Å². The Morgan fingerprint density at radius 1 is 1.29 bits per heavy atom. The number of carbonyl (C=O) groups excluding carboxylic acids is 2. The van der Waals surface area contributed by atoms with Gasteiger partial charge in [-0.3, -0.25) is 9.59 Å². The Morgan fingerprint density at radius 3 is 2.41 bits per heavy atom. The van der Waals surface area contributed by atoms with Gasteiger partial charge in [0.2, 0.25) is 0 Å². The number of hydrogen-bond donors (Lipinski definition) is 1. The van der Waals surface area contributed by atoms with Gasteiger partial charge in [0.25, 0.3) is 0 Å². The van der Waals surface area contributed by atoms with Crippen molar-refractivity contribution >= 4 is 11.8 Å². The summed E-state index contributed by atoms with van der Waals surface area (Å²) in [6, 6.07) is 5.97. The first-order valence-electron chi connectivity index (χ1n) is 5.53. The molecule has 0 amide bonds. The maximum absolute atomic E-state index is 11.8. The molecule has 1 unspecified atom stereocenters. The summed E-state index contributed by atoms with van der Waals surface area (Å²) in [4.78, 5) is 23.1. The van der Waals surface area contributed by atoms with Gasteiger partial charge in [0.15, 0.2) is 5.78 Å². The van der Waals surface area contributed by atoms with Crippen LogP contribution in [0.1, 0.15) is 30.6 Å². The molecule has 4 heteroatoms. The predicted octanol–water partition coefficient (Wildman–Crippen LogP) is 2.16. The van der Waals surface area contributed by atoms with E-state index in [9.17, 15) is 9.59 Å². The lowest BCUT2D eigenvalue weighted by molar-refractivity contribution is -0.147. The van der Waals surface area contributed by atoms with Crippen LogP contribution >= 0.6 is 0 Å². The van der Waals surface area contributed by atoms with Gasteiger partial charge in [-0.25, -0.2) is 0 Å². The summed E-state index contributed by atoms with van der Waals surface area (Å²) >= 11 is 0. The van der Waals surface area contributed by atoms with Crippen molar-refractivity contribution in [1.29, 1.82) is 0 Å². The summed E-state index contributed by atoms with van der Waals surface area (Å²) in [6.07, 6.45) is 0.115. The Balaban J connectivity index is 2.60. The fraction of sp³-hybridized carbons (Fsp3) is 0.385. The highest BCUT2D eigenvalue weighted by atomic mass is 16.5. The molecule has 1 aromatic rings. The van der Waals surface area contributed by atoms with Crippen molar-refractivity contribution in [3.63, 3.8) is 0 Å². The molecule has 1 N–H and O–H groups in total. The fourth-order valence-corrected chi connectivity index (χ4v) is 1.41. The molecule has 0 aromatic heterocycles. The molecule has 4 nitrogen and oxygen atoms in total. The van der Waals surface area contributed by atoms with Gasteiger partial charge >= 0.3 is 5.97 Å². The van der Waals surface area contributed by atoms with Gasteiger partial charge in [0.1, 0.15) is 5.75 Å². The van der Waals surface area contributed by atoms with Crippen LogP contribution in [-0.2, 0) is 9.53 Å². The highest BCUT2D eigenvalue weighted by Gasteiger charge is 2.18. The van der Waals surface area contributed by atoms with Crippen LogP contribution < -0.4 is 0 Å². The summed E-state index contributed by atoms with van der Waals surface area (Å²) in [5, 5.41) is 9.09. The molecular formula is C13H16O4. The fourth-order valence-electron chi connectivity index (χ4n) is 1.41. The van der Waals surface area contributed by atoms with Crippen LogP contribution in [0.3, 0.4) is 0 Å². The van der Waals surface area contributed by atoms with Gasteiger partial charge < -0.3 is 9.84 Å². The summed E-state index contributed by atoms with van der Waals surface area (Å²) in [5.74, 6) is -0.832. The highest BCUT2D eigenvalue weighted by Crippen LogP contribution is 2.14. The SMILES string of the molecule is CCOC(=O)C(C)CC(=O)c1ccc(O)cc1. The van der Waals surface area contributed by atoms with Crippen molar-refractivity contribution in [2.75, 3.05) is 6.61 Å². The molecular weight excluding hydrogens is 220 g/mol. The number of rotatable bonds is 5. The summed E-state index contributed by atoms with van der Waals surface area (Å²) in [7, 11) is 0. The molecule has 0 radical (unpaired) electrons. The molecule has 1 rings (SSSR count). The third kappa shape index (κ3) is 3.90. The molecule has 0 aliphatic carbocycles. The first kappa shape index (κ1) is 13.2. The lowest BCUT2D eigenvalue weighted by Gasteiger charge is -2.09. The van der Waals surface area contributed by atoms with Crippen molar-refractivity contribution in [2.45, 2.75) is 20.3 Å². The Hall–Kier alpha value is -1.84. The largest absolute Gasteiger partial charge is 0.508 e. The minimum Gasteiger partial charge on any atom is -0.508 e. The molecule has 1 atom stereocenters. The second-order valence-electron chi connectivity index (χ2n) is 3.83. The van der Waals surface area contributed by atoms with Gasteiger partial charge in [-0.1, -0.05) is 6.92 Å². The number of phenols is 1. The van der Waals surface area contributed by atoms with E-state index >= 15 is 0 Å². The molecule has 0 heterocycles. The number of Topliss-reactive ketones (excluding diaryl/α,β-unsaturated/α-hetero) is 1. The van der Waals surface area contributed by atoms with Crippen LogP contribution in [0.5, 0.6) is 5.75 Å². The third-order valence-electron chi connectivity index (χ3n) is 2.37. The van der Waals surface area contributed by atoms with E-state index in [2.05, 4.69) is 0 Å². The van der Waals surface area contributed by atoms with E-state index in [0.717, 1.165) is 0 Å². The van der Waals surface area contributed by atoms with Crippen LogP contribution in [0, 0.1) is 5.92 Å². The Bertz CT molecular complexity index is 394. The molecule has 1 aromatic carbocycles. The number of esters is 1. The minimum atomic E-state index is -0.448. The van der Waals surface area contributed by atoms with Crippen LogP contribution in [0.4, 0.5) is 0 Å². The topological polar surface area (TPSA) is 63.6 Å². The van der Waals surface area contributed by atoms with Gasteiger partial charge in [0.05, 0.1) is 12.5 Å². The number of carbonyl (C=O) groups is 2. The van der Waals surface area contributed by atoms with Gasteiger partial charge in [-0.05, 0) is 31.2 Å². The number of ketones is 1. The highest BCUT2D eigenvalue weighted by molar-refractivity contribution is 5.98.